The third kappa shape index (κ3) is 5.00. The first-order valence-corrected chi connectivity index (χ1v) is 13.5. The van der Waals surface area contributed by atoms with Gasteiger partial charge in [-0.05, 0) is 56.0 Å². The molecule has 0 spiro atoms. The number of hydrogen-bond donors (Lipinski definition) is 1. The van der Waals surface area contributed by atoms with Gasteiger partial charge >= 0.3 is 12.1 Å². The molecule has 0 bridgehead atoms. The Morgan fingerprint density at radius 1 is 1.12 bits per heavy atom. The van der Waals surface area contributed by atoms with E-state index in [1.807, 2.05) is 24.3 Å². The molecule has 41 heavy (non-hydrogen) atoms. The standard InChI is InChI=1S/C30H25F3N4O4/c31-30(32,33)28-21(2-1-11-34-28)26-20(27(41-36-26)17-4-5-17)9-3-16-14-37(15-16)18-6-10-23-22(12-18)25(40-19-7-8-19)13-24(35-23)29(38)39/h1-3,6,9-13,16-17,19H,4-5,7-8,14-15H2,(H,38,39). The molecule has 1 aromatic carbocycles. The molecule has 0 radical (unpaired) electrons. The van der Waals surface area contributed by atoms with Crippen LogP contribution in [0.4, 0.5) is 18.9 Å². The van der Waals surface area contributed by atoms with E-state index < -0.39 is 17.8 Å². The number of ether oxygens (including phenoxy) is 1. The summed E-state index contributed by atoms with van der Waals surface area (Å²) < 4.78 is 52.6. The topological polar surface area (TPSA) is 102 Å². The Balaban J connectivity index is 1.13. The van der Waals surface area contributed by atoms with Crippen molar-refractivity contribution < 1.29 is 32.3 Å². The van der Waals surface area contributed by atoms with Gasteiger partial charge in [-0.1, -0.05) is 17.3 Å². The average Bonchev–Trinajstić information content (AvgIpc) is 3.86. The van der Waals surface area contributed by atoms with Crippen LogP contribution in [0.15, 0.2) is 53.2 Å². The van der Waals surface area contributed by atoms with E-state index in [1.165, 1.54) is 18.2 Å². The quantitative estimate of drug-likeness (QED) is 0.257. The molecular formula is C30H25F3N4O4. The van der Waals surface area contributed by atoms with E-state index in [4.69, 9.17) is 9.26 Å². The molecule has 2 aliphatic carbocycles. The van der Waals surface area contributed by atoms with Gasteiger partial charge in [-0.15, -0.1) is 0 Å². The van der Waals surface area contributed by atoms with Crippen LogP contribution < -0.4 is 9.64 Å². The highest BCUT2D eigenvalue weighted by molar-refractivity contribution is 5.94. The summed E-state index contributed by atoms with van der Waals surface area (Å²) in [6.45, 7) is 1.42. The van der Waals surface area contributed by atoms with Crippen molar-refractivity contribution in [2.75, 3.05) is 18.0 Å². The molecule has 1 aliphatic heterocycles. The van der Waals surface area contributed by atoms with Crippen molar-refractivity contribution >= 4 is 28.6 Å². The number of aromatic carboxylic acids is 1. The molecule has 0 amide bonds. The summed E-state index contributed by atoms with van der Waals surface area (Å²) in [6, 6.07) is 10.0. The van der Waals surface area contributed by atoms with Crippen LogP contribution in [-0.2, 0) is 6.18 Å². The van der Waals surface area contributed by atoms with E-state index in [9.17, 15) is 23.1 Å². The van der Waals surface area contributed by atoms with Crippen LogP contribution in [0.2, 0.25) is 0 Å². The minimum atomic E-state index is -4.61. The van der Waals surface area contributed by atoms with Crippen molar-refractivity contribution in [1.29, 1.82) is 0 Å². The molecule has 8 nitrogen and oxygen atoms in total. The van der Waals surface area contributed by atoms with Crippen LogP contribution >= 0.6 is 0 Å². The Kier molecular flexibility index (Phi) is 5.98. The second-order valence-corrected chi connectivity index (χ2v) is 10.8. The van der Waals surface area contributed by atoms with Gasteiger partial charge < -0.3 is 19.3 Å². The van der Waals surface area contributed by atoms with E-state index >= 15 is 0 Å². The maximum Gasteiger partial charge on any atom is 0.434 e. The lowest BCUT2D eigenvalue weighted by Gasteiger charge is -2.39. The number of carboxylic acids is 1. The summed E-state index contributed by atoms with van der Waals surface area (Å²) in [6.07, 6.45) is 4.19. The Morgan fingerprint density at radius 3 is 2.63 bits per heavy atom. The maximum absolute atomic E-state index is 13.7. The number of pyridine rings is 2. The normalized spacial score (nSPS) is 17.8. The molecule has 4 aromatic rings. The fraction of sp³-hybridized carbons (Fsp3) is 0.333. The zero-order valence-electron chi connectivity index (χ0n) is 21.8. The van der Waals surface area contributed by atoms with Crippen molar-refractivity contribution in [3.05, 3.63) is 71.4 Å². The van der Waals surface area contributed by atoms with E-state index in [1.54, 1.807) is 6.07 Å². The number of hydrogen-bond acceptors (Lipinski definition) is 7. The fourth-order valence-corrected chi connectivity index (χ4v) is 5.16. The summed E-state index contributed by atoms with van der Waals surface area (Å²) >= 11 is 0. The van der Waals surface area contributed by atoms with Crippen molar-refractivity contribution in [3.63, 3.8) is 0 Å². The lowest BCUT2D eigenvalue weighted by atomic mass is 9.95. The van der Waals surface area contributed by atoms with Gasteiger partial charge in [0.2, 0.25) is 0 Å². The number of anilines is 1. The first-order valence-electron chi connectivity index (χ1n) is 13.5. The molecule has 11 heteroatoms. The predicted molar refractivity (Wildman–Crippen MR) is 144 cm³/mol. The number of halogens is 3. The Hall–Kier alpha value is -4.41. The fourth-order valence-electron chi connectivity index (χ4n) is 5.16. The maximum atomic E-state index is 13.7. The van der Waals surface area contributed by atoms with Crippen LogP contribution in [0.1, 0.15) is 59.1 Å². The Labute approximate surface area is 232 Å². The third-order valence-electron chi connectivity index (χ3n) is 7.64. The molecule has 4 heterocycles. The smallest absolute Gasteiger partial charge is 0.434 e. The lowest BCUT2D eigenvalue weighted by molar-refractivity contribution is -0.140. The van der Waals surface area contributed by atoms with E-state index in [0.717, 1.165) is 43.0 Å². The summed E-state index contributed by atoms with van der Waals surface area (Å²) in [5.74, 6) is 0.379. The monoisotopic (exact) mass is 562 g/mol. The summed E-state index contributed by atoms with van der Waals surface area (Å²) in [7, 11) is 0. The van der Waals surface area contributed by atoms with E-state index in [0.29, 0.717) is 35.7 Å². The minimum Gasteiger partial charge on any atom is -0.490 e. The minimum absolute atomic E-state index is 0.0534. The summed E-state index contributed by atoms with van der Waals surface area (Å²) in [5, 5.41) is 14.3. The summed E-state index contributed by atoms with van der Waals surface area (Å²) in [5.41, 5.74) is 1.13. The number of carbonyl (C=O) groups is 1. The van der Waals surface area contributed by atoms with Gasteiger partial charge in [0.1, 0.15) is 17.2 Å². The number of nitrogens with zero attached hydrogens (tertiary/aromatic N) is 4. The van der Waals surface area contributed by atoms with Crippen LogP contribution in [0.25, 0.3) is 28.2 Å². The number of fused-ring (bicyclic) bond motifs is 1. The SMILES string of the molecule is O=C(O)c1cc(OC2CC2)c2cc(N3CC(C=Cc4c(-c5cccnc5C(F)(F)F)noc4C4CC4)C3)ccc2n1. The molecule has 2 saturated carbocycles. The molecule has 0 unspecified atom stereocenters. The largest absolute Gasteiger partial charge is 0.490 e. The second-order valence-electron chi connectivity index (χ2n) is 10.8. The Morgan fingerprint density at radius 2 is 1.93 bits per heavy atom. The van der Waals surface area contributed by atoms with E-state index in [-0.39, 0.29) is 34.9 Å². The molecular weight excluding hydrogens is 537 g/mol. The molecule has 210 valence electrons. The van der Waals surface area contributed by atoms with Gasteiger partial charge in [-0.25, -0.2) is 9.78 Å². The highest BCUT2D eigenvalue weighted by Crippen LogP contribution is 2.46. The molecule has 3 aromatic heterocycles. The van der Waals surface area contributed by atoms with E-state index in [2.05, 4.69) is 20.0 Å². The van der Waals surface area contributed by atoms with Crippen LogP contribution in [0, 0.1) is 5.92 Å². The van der Waals surface area contributed by atoms with Gasteiger partial charge in [0.15, 0.2) is 11.4 Å². The summed E-state index contributed by atoms with van der Waals surface area (Å²) in [4.78, 5) is 21.6. The first kappa shape index (κ1) is 25.6. The van der Waals surface area contributed by atoms with Gasteiger partial charge in [-0.3, -0.25) is 4.98 Å². The number of alkyl halides is 3. The molecule has 3 fully saturated rings. The number of aromatic nitrogens is 3. The van der Waals surface area contributed by atoms with Gasteiger partial charge in [0, 0.05) is 59.4 Å². The van der Waals surface area contributed by atoms with Gasteiger partial charge in [0.05, 0.1) is 11.6 Å². The first-order chi connectivity index (χ1) is 19.7. The number of benzene rings is 1. The number of carboxylic acid groups (broad SMARTS) is 1. The lowest BCUT2D eigenvalue weighted by Crippen LogP contribution is -2.45. The Bertz CT molecular complexity index is 1690. The van der Waals surface area contributed by atoms with Gasteiger partial charge in [0.25, 0.3) is 0 Å². The molecule has 1 saturated heterocycles. The third-order valence-corrected chi connectivity index (χ3v) is 7.64. The van der Waals surface area contributed by atoms with Crippen molar-refractivity contribution in [1.82, 2.24) is 15.1 Å². The molecule has 3 aliphatic rings. The second kappa shape index (κ2) is 9.60. The van der Waals surface area contributed by atoms with Crippen molar-refractivity contribution in [3.8, 4) is 17.0 Å². The highest BCUT2D eigenvalue weighted by Gasteiger charge is 2.38. The molecule has 1 N–H and O–H groups in total. The number of rotatable bonds is 8. The van der Waals surface area contributed by atoms with Gasteiger partial charge in [-0.2, -0.15) is 13.2 Å². The van der Waals surface area contributed by atoms with Crippen LogP contribution in [-0.4, -0.2) is 45.4 Å². The molecule has 0 atom stereocenters. The van der Waals surface area contributed by atoms with Crippen LogP contribution in [0.3, 0.4) is 0 Å². The zero-order chi connectivity index (χ0) is 28.3. The zero-order valence-corrected chi connectivity index (χ0v) is 21.8. The average molecular weight is 563 g/mol. The van der Waals surface area contributed by atoms with Crippen LogP contribution in [0.5, 0.6) is 5.75 Å². The predicted octanol–water partition coefficient (Wildman–Crippen LogP) is 6.57. The van der Waals surface area contributed by atoms with Crippen molar-refractivity contribution in [2.24, 2.45) is 5.92 Å². The van der Waals surface area contributed by atoms with Crippen molar-refractivity contribution in [2.45, 2.75) is 43.9 Å². The highest BCUT2D eigenvalue weighted by atomic mass is 19.4. The molecule has 7 rings (SSSR count).